The second kappa shape index (κ2) is 8.10. The Labute approximate surface area is 165 Å². The van der Waals surface area contributed by atoms with Crippen LogP contribution in [0.15, 0.2) is 47.6 Å². The van der Waals surface area contributed by atoms with E-state index >= 15 is 0 Å². The minimum atomic E-state index is 0.0117. The average molecular weight is 378 g/mol. The zero-order chi connectivity index (χ0) is 19.5. The standard InChI is InChI=1S/C22H26N4O2/c1-3-28-22-18-12-23-17(9-16(18)11-24-22)10-21(27)25-20-14-26(2)13-19(20)15-7-5-4-6-8-15/h4-9,12,19-20H,3,10-11,13-14H2,1-2H3,(H,25,27)/t19-,20+/m0/s1. The molecule has 146 valence electrons. The molecule has 0 aliphatic carbocycles. The third kappa shape index (κ3) is 3.92. The first kappa shape index (κ1) is 18.6. The molecule has 0 spiro atoms. The lowest BCUT2D eigenvalue weighted by Gasteiger charge is -2.20. The van der Waals surface area contributed by atoms with Crippen molar-refractivity contribution in [2.24, 2.45) is 4.99 Å². The molecule has 1 aromatic heterocycles. The summed E-state index contributed by atoms with van der Waals surface area (Å²) in [5.41, 5.74) is 4.05. The first-order valence-electron chi connectivity index (χ1n) is 9.82. The molecule has 1 saturated heterocycles. The molecule has 6 nitrogen and oxygen atoms in total. The molecule has 4 rings (SSSR count). The lowest BCUT2D eigenvalue weighted by molar-refractivity contribution is -0.121. The Balaban J connectivity index is 1.41. The van der Waals surface area contributed by atoms with E-state index in [1.54, 1.807) is 6.20 Å². The Bertz CT molecular complexity index is 881. The number of likely N-dealkylation sites (tertiary alicyclic amines) is 1. The first-order valence-corrected chi connectivity index (χ1v) is 9.82. The number of aliphatic imine (C=N–C) groups is 1. The quantitative estimate of drug-likeness (QED) is 0.866. The number of carbonyl (C=O) groups excluding carboxylic acids is 1. The number of hydrogen-bond acceptors (Lipinski definition) is 5. The predicted molar refractivity (Wildman–Crippen MR) is 108 cm³/mol. The third-order valence-electron chi connectivity index (χ3n) is 5.37. The molecule has 28 heavy (non-hydrogen) atoms. The summed E-state index contributed by atoms with van der Waals surface area (Å²) >= 11 is 0. The van der Waals surface area contributed by atoms with Crippen molar-refractivity contribution in [2.45, 2.75) is 31.8 Å². The predicted octanol–water partition coefficient (Wildman–Crippen LogP) is 2.13. The van der Waals surface area contributed by atoms with Crippen molar-refractivity contribution in [3.63, 3.8) is 0 Å². The largest absolute Gasteiger partial charge is 0.478 e. The number of pyridine rings is 1. The van der Waals surface area contributed by atoms with Crippen molar-refractivity contribution in [3.8, 4) is 0 Å². The van der Waals surface area contributed by atoms with Gasteiger partial charge in [0.1, 0.15) is 0 Å². The second-order valence-corrected chi connectivity index (χ2v) is 7.48. The molecule has 3 heterocycles. The zero-order valence-corrected chi connectivity index (χ0v) is 16.4. The van der Waals surface area contributed by atoms with Crippen LogP contribution in [0, 0.1) is 0 Å². The summed E-state index contributed by atoms with van der Waals surface area (Å²) in [6.45, 7) is 4.92. The Morgan fingerprint density at radius 3 is 2.89 bits per heavy atom. The topological polar surface area (TPSA) is 66.8 Å². The Kier molecular flexibility index (Phi) is 5.39. The van der Waals surface area contributed by atoms with Gasteiger partial charge in [-0.05, 0) is 31.2 Å². The van der Waals surface area contributed by atoms with Gasteiger partial charge in [-0.3, -0.25) is 9.78 Å². The lowest BCUT2D eigenvalue weighted by atomic mass is 9.94. The summed E-state index contributed by atoms with van der Waals surface area (Å²) in [4.78, 5) is 23.8. The van der Waals surface area contributed by atoms with Crippen LogP contribution in [-0.2, 0) is 22.5 Å². The molecule has 2 aliphatic rings. The summed E-state index contributed by atoms with van der Waals surface area (Å²) < 4.78 is 5.53. The Hall–Kier alpha value is -2.73. The van der Waals surface area contributed by atoms with Gasteiger partial charge in [0.05, 0.1) is 30.8 Å². The van der Waals surface area contributed by atoms with Gasteiger partial charge in [-0.1, -0.05) is 30.3 Å². The van der Waals surface area contributed by atoms with E-state index in [9.17, 15) is 4.79 Å². The monoisotopic (exact) mass is 378 g/mol. The van der Waals surface area contributed by atoms with Gasteiger partial charge in [-0.15, -0.1) is 0 Å². The molecule has 1 aromatic carbocycles. The first-order chi connectivity index (χ1) is 13.6. The molecule has 1 fully saturated rings. The summed E-state index contributed by atoms with van der Waals surface area (Å²) in [7, 11) is 2.10. The van der Waals surface area contributed by atoms with Crippen LogP contribution in [0.3, 0.4) is 0 Å². The SMILES string of the molecule is CCOC1=NCc2cc(CC(=O)N[C@@H]3CN(C)C[C@H]3c3ccccc3)ncc21. The molecule has 6 heteroatoms. The van der Waals surface area contributed by atoms with Crippen LogP contribution in [0.5, 0.6) is 0 Å². The molecule has 0 radical (unpaired) electrons. The lowest BCUT2D eigenvalue weighted by Crippen LogP contribution is -2.40. The van der Waals surface area contributed by atoms with Gasteiger partial charge in [0, 0.05) is 31.2 Å². The molecule has 2 aromatic rings. The third-order valence-corrected chi connectivity index (χ3v) is 5.37. The van der Waals surface area contributed by atoms with E-state index in [1.165, 1.54) is 5.56 Å². The van der Waals surface area contributed by atoms with Crippen LogP contribution in [0.25, 0.3) is 0 Å². The van der Waals surface area contributed by atoms with E-state index in [0.29, 0.717) is 25.0 Å². The van der Waals surface area contributed by atoms with E-state index < -0.39 is 0 Å². The Morgan fingerprint density at radius 1 is 1.29 bits per heavy atom. The van der Waals surface area contributed by atoms with Crippen LogP contribution in [0.2, 0.25) is 0 Å². The van der Waals surface area contributed by atoms with Crippen molar-refractivity contribution >= 4 is 11.8 Å². The van der Waals surface area contributed by atoms with Crippen LogP contribution in [-0.4, -0.2) is 54.5 Å². The van der Waals surface area contributed by atoms with Crippen molar-refractivity contribution in [2.75, 3.05) is 26.7 Å². The number of aromatic nitrogens is 1. The van der Waals surface area contributed by atoms with Crippen molar-refractivity contribution in [1.29, 1.82) is 0 Å². The number of rotatable bonds is 5. The van der Waals surface area contributed by atoms with Crippen molar-refractivity contribution < 1.29 is 9.53 Å². The molecule has 0 saturated carbocycles. The number of carbonyl (C=O) groups is 1. The number of fused-ring (bicyclic) bond motifs is 1. The van der Waals surface area contributed by atoms with Gasteiger partial charge in [-0.25, -0.2) is 4.99 Å². The van der Waals surface area contributed by atoms with Crippen LogP contribution in [0.1, 0.15) is 35.2 Å². The van der Waals surface area contributed by atoms with E-state index in [4.69, 9.17) is 4.74 Å². The fourth-order valence-corrected chi connectivity index (χ4v) is 4.08. The second-order valence-electron chi connectivity index (χ2n) is 7.48. The van der Waals surface area contributed by atoms with Gasteiger partial charge >= 0.3 is 0 Å². The average Bonchev–Trinajstić information content (AvgIpc) is 3.25. The van der Waals surface area contributed by atoms with Gasteiger partial charge < -0.3 is 15.0 Å². The number of nitrogens with zero attached hydrogens (tertiary/aromatic N) is 3. The van der Waals surface area contributed by atoms with Crippen LogP contribution in [0.4, 0.5) is 0 Å². The Morgan fingerprint density at radius 2 is 2.11 bits per heavy atom. The van der Waals surface area contributed by atoms with E-state index in [0.717, 1.165) is 29.9 Å². The van der Waals surface area contributed by atoms with Crippen LogP contribution >= 0.6 is 0 Å². The molecule has 1 N–H and O–H groups in total. The number of likely N-dealkylation sites (N-methyl/N-ethyl adjacent to an activating group) is 1. The highest BCUT2D eigenvalue weighted by atomic mass is 16.5. The van der Waals surface area contributed by atoms with Crippen LogP contribution < -0.4 is 5.32 Å². The number of nitrogens with one attached hydrogen (secondary N) is 1. The molecule has 0 bridgehead atoms. The molecule has 0 unspecified atom stereocenters. The molecular formula is C22H26N4O2. The molecule has 2 atom stereocenters. The smallest absolute Gasteiger partial charge is 0.226 e. The molecule has 1 amide bonds. The zero-order valence-electron chi connectivity index (χ0n) is 16.4. The van der Waals surface area contributed by atoms with Gasteiger partial charge in [0.15, 0.2) is 0 Å². The fraction of sp³-hybridized carbons (Fsp3) is 0.409. The van der Waals surface area contributed by atoms with E-state index in [2.05, 4.69) is 51.5 Å². The summed E-state index contributed by atoms with van der Waals surface area (Å²) in [6.07, 6.45) is 2.05. The summed E-state index contributed by atoms with van der Waals surface area (Å²) in [6, 6.07) is 12.5. The maximum absolute atomic E-state index is 12.7. The molecular weight excluding hydrogens is 352 g/mol. The number of benzene rings is 1. The molecule has 2 aliphatic heterocycles. The van der Waals surface area contributed by atoms with Crippen molar-refractivity contribution in [1.82, 2.24) is 15.2 Å². The fourth-order valence-electron chi connectivity index (χ4n) is 4.08. The van der Waals surface area contributed by atoms with Gasteiger partial charge in [0.25, 0.3) is 0 Å². The minimum Gasteiger partial charge on any atom is -0.478 e. The highest BCUT2D eigenvalue weighted by molar-refractivity contribution is 5.97. The van der Waals surface area contributed by atoms with Crippen molar-refractivity contribution in [3.05, 3.63) is 65.0 Å². The normalized spacial score (nSPS) is 21.3. The summed E-state index contributed by atoms with van der Waals surface area (Å²) in [5.74, 6) is 0.976. The number of amides is 1. The van der Waals surface area contributed by atoms with E-state index in [-0.39, 0.29) is 18.4 Å². The highest BCUT2D eigenvalue weighted by Crippen LogP contribution is 2.27. The number of ether oxygens (including phenoxy) is 1. The van der Waals surface area contributed by atoms with E-state index in [1.807, 2.05) is 19.1 Å². The maximum atomic E-state index is 12.7. The van der Waals surface area contributed by atoms with Gasteiger partial charge in [0.2, 0.25) is 11.8 Å². The summed E-state index contributed by atoms with van der Waals surface area (Å²) in [5, 5.41) is 3.23. The maximum Gasteiger partial charge on any atom is 0.226 e. The van der Waals surface area contributed by atoms with Gasteiger partial charge in [-0.2, -0.15) is 0 Å². The number of hydrogen-bond donors (Lipinski definition) is 1. The highest BCUT2D eigenvalue weighted by Gasteiger charge is 2.33. The minimum absolute atomic E-state index is 0.0117.